The molecule has 2 aliphatic rings. The molecule has 1 aliphatic heterocycles. The molecule has 7 nitrogen and oxygen atoms in total. The van der Waals surface area contributed by atoms with Crippen molar-refractivity contribution in [3.63, 3.8) is 0 Å². The third-order valence-electron chi connectivity index (χ3n) is 8.27. The number of halogens is 1. The fourth-order valence-electron chi connectivity index (χ4n) is 6.21. The Bertz CT molecular complexity index is 1460. The minimum atomic E-state index is -0.510. The highest BCUT2D eigenvalue weighted by atomic mass is 127. The summed E-state index contributed by atoms with van der Waals surface area (Å²) in [5.74, 6) is 0.0258. The zero-order valence-electron chi connectivity index (χ0n) is 25.3. The molecular formula is C34H40IN3O4. The van der Waals surface area contributed by atoms with E-state index in [1.807, 2.05) is 45.0 Å². The number of ether oxygens (including phenoxy) is 2. The molecule has 0 atom stereocenters. The maximum absolute atomic E-state index is 13.0. The molecule has 42 heavy (non-hydrogen) atoms. The Labute approximate surface area is 262 Å². The molecule has 1 saturated heterocycles. The van der Waals surface area contributed by atoms with Crippen LogP contribution in [0.25, 0.3) is 11.1 Å². The fraction of sp³-hybridized carbons (Fsp3) is 0.412. The van der Waals surface area contributed by atoms with E-state index >= 15 is 0 Å². The molecule has 222 valence electrons. The standard InChI is InChI=1S/C34H40IN3O4/c1-21-28(19-36-32(39)41-20-29-26-13-9-7-11-24(26)25-12-8-10-14-27(25)29)22(2)31(23(3)30(21)35)37-15-17-38(18-16-37)33(40)42-34(4,5)6/h7-14,29H,15-20H2,1-6H3,(H,36,39). The van der Waals surface area contributed by atoms with Crippen LogP contribution in [0.3, 0.4) is 0 Å². The number of piperazine rings is 1. The second-order valence-electron chi connectivity index (χ2n) is 12.1. The van der Waals surface area contributed by atoms with Crippen molar-refractivity contribution in [3.8, 4) is 11.1 Å². The van der Waals surface area contributed by atoms with Crippen molar-refractivity contribution in [2.75, 3.05) is 37.7 Å². The summed E-state index contributed by atoms with van der Waals surface area (Å²) in [5.41, 5.74) is 10.1. The maximum Gasteiger partial charge on any atom is 0.410 e. The molecule has 3 aromatic carbocycles. The third kappa shape index (κ3) is 6.09. The van der Waals surface area contributed by atoms with Crippen LogP contribution in [0.1, 0.15) is 60.1 Å². The van der Waals surface area contributed by atoms with Crippen molar-refractivity contribution < 1.29 is 19.1 Å². The number of hydrogen-bond donors (Lipinski definition) is 1. The van der Waals surface area contributed by atoms with Crippen LogP contribution in [0.2, 0.25) is 0 Å². The molecule has 0 saturated carbocycles. The van der Waals surface area contributed by atoms with Crippen molar-refractivity contribution in [2.24, 2.45) is 0 Å². The lowest BCUT2D eigenvalue weighted by atomic mass is 9.96. The van der Waals surface area contributed by atoms with Gasteiger partial charge in [-0.3, -0.25) is 0 Å². The smallest absolute Gasteiger partial charge is 0.410 e. The van der Waals surface area contributed by atoms with Gasteiger partial charge in [0.25, 0.3) is 0 Å². The normalized spacial score (nSPS) is 14.8. The summed E-state index contributed by atoms with van der Waals surface area (Å²) < 4.78 is 12.6. The fourth-order valence-corrected chi connectivity index (χ4v) is 6.79. The van der Waals surface area contributed by atoms with E-state index in [9.17, 15) is 9.59 Å². The van der Waals surface area contributed by atoms with Gasteiger partial charge in [-0.15, -0.1) is 0 Å². The number of amides is 2. The number of nitrogens with zero attached hydrogens (tertiary/aromatic N) is 2. The van der Waals surface area contributed by atoms with E-state index in [4.69, 9.17) is 9.47 Å². The van der Waals surface area contributed by atoms with Gasteiger partial charge >= 0.3 is 12.2 Å². The van der Waals surface area contributed by atoms with Crippen molar-refractivity contribution >= 4 is 40.5 Å². The first-order valence-electron chi connectivity index (χ1n) is 14.6. The second-order valence-corrected chi connectivity index (χ2v) is 13.2. The van der Waals surface area contributed by atoms with E-state index in [0.29, 0.717) is 19.6 Å². The van der Waals surface area contributed by atoms with Crippen LogP contribution >= 0.6 is 22.6 Å². The van der Waals surface area contributed by atoms with Crippen LogP contribution in [0.5, 0.6) is 0 Å². The van der Waals surface area contributed by atoms with Crippen LogP contribution in [-0.4, -0.2) is 55.5 Å². The van der Waals surface area contributed by atoms with Crippen molar-refractivity contribution in [1.29, 1.82) is 0 Å². The Morgan fingerprint density at radius 2 is 1.45 bits per heavy atom. The predicted octanol–water partition coefficient (Wildman–Crippen LogP) is 7.31. The lowest BCUT2D eigenvalue weighted by Crippen LogP contribution is -2.50. The van der Waals surface area contributed by atoms with E-state index in [1.54, 1.807) is 4.90 Å². The van der Waals surface area contributed by atoms with Crippen LogP contribution in [0.4, 0.5) is 15.3 Å². The number of alkyl carbamates (subject to hydrolysis) is 1. The summed E-state index contributed by atoms with van der Waals surface area (Å²) in [7, 11) is 0. The van der Waals surface area contributed by atoms with Crippen LogP contribution in [0, 0.1) is 24.3 Å². The van der Waals surface area contributed by atoms with Crippen molar-refractivity contribution in [2.45, 2.75) is 59.6 Å². The van der Waals surface area contributed by atoms with Gasteiger partial charge in [-0.05, 0) is 109 Å². The number of nitrogens with one attached hydrogen (secondary N) is 1. The molecule has 2 amide bonds. The molecule has 1 heterocycles. The Morgan fingerprint density at radius 3 is 2.02 bits per heavy atom. The molecule has 3 aromatic rings. The highest BCUT2D eigenvalue weighted by Crippen LogP contribution is 2.44. The molecule has 5 rings (SSSR count). The highest BCUT2D eigenvalue weighted by molar-refractivity contribution is 14.1. The lowest BCUT2D eigenvalue weighted by Gasteiger charge is -2.38. The van der Waals surface area contributed by atoms with Gasteiger partial charge in [0.15, 0.2) is 0 Å². The Morgan fingerprint density at radius 1 is 0.881 bits per heavy atom. The van der Waals surface area contributed by atoms with Crippen molar-refractivity contribution in [1.82, 2.24) is 10.2 Å². The highest BCUT2D eigenvalue weighted by Gasteiger charge is 2.30. The Balaban J connectivity index is 1.25. The van der Waals surface area contributed by atoms with Gasteiger partial charge in [0.2, 0.25) is 0 Å². The monoisotopic (exact) mass is 681 g/mol. The summed E-state index contributed by atoms with van der Waals surface area (Å²) >= 11 is 2.41. The predicted molar refractivity (Wildman–Crippen MR) is 175 cm³/mol. The minimum absolute atomic E-state index is 0.0258. The van der Waals surface area contributed by atoms with Gasteiger partial charge in [0.05, 0.1) is 0 Å². The van der Waals surface area contributed by atoms with Gasteiger partial charge in [0.1, 0.15) is 12.2 Å². The summed E-state index contributed by atoms with van der Waals surface area (Å²) in [5, 5.41) is 3.02. The largest absolute Gasteiger partial charge is 0.449 e. The van der Waals surface area contributed by atoms with Gasteiger partial charge in [-0.1, -0.05) is 48.5 Å². The minimum Gasteiger partial charge on any atom is -0.449 e. The number of carbonyl (C=O) groups is 2. The van der Waals surface area contributed by atoms with E-state index in [0.717, 1.165) is 24.2 Å². The average molecular weight is 682 g/mol. The summed E-state index contributed by atoms with van der Waals surface area (Å²) in [4.78, 5) is 29.7. The number of carbonyl (C=O) groups excluding carboxylic acids is 2. The zero-order chi connectivity index (χ0) is 30.2. The van der Waals surface area contributed by atoms with Crippen LogP contribution in [0.15, 0.2) is 48.5 Å². The Hall–Kier alpha value is -3.27. The number of fused-ring (bicyclic) bond motifs is 3. The van der Waals surface area contributed by atoms with Gasteiger partial charge < -0.3 is 24.6 Å². The van der Waals surface area contributed by atoms with E-state index in [1.165, 1.54) is 42.6 Å². The average Bonchev–Trinajstić information content (AvgIpc) is 3.28. The molecule has 8 heteroatoms. The molecule has 0 unspecified atom stereocenters. The summed E-state index contributed by atoms with van der Waals surface area (Å²) in [6.45, 7) is 15.4. The number of rotatable bonds is 5. The summed E-state index contributed by atoms with van der Waals surface area (Å²) in [6.07, 6.45) is -0.680. The number of anilines is 1. The maximum atomic E-state index is 13.0. The summed E-state index contributed by atoms with van der Waals surface area (Å²) in [6, 6.07) is 16.7. The molecular weight excluding hydrogens is 641 g/mol. The van der Waals surface area contributed by atoms with Crippen molar-refractivity contribution in [3.05, 3.63) is 85.5 Å². The number of benzene rings is 3. The molecule has 1 fully saturated rings. The second kappa shape index (κ2) is 12.1. The Kier molecular flexibility index (Phi) is 8.73. The topological polar surface area (TPSA) is 71.1 Å². The van der Waals surface area contributed by atoms with Crippen LogP contribution < -0.4 is 10.2 Å². The SMILES string of the molecule is Cc1c(I)c(C)c(N2CCN(C(=O)OC(C)(C)C)CC2)c(C)c1CNC(=O)OCC1c2ccccc2-c2ccccc21. The van der Waals surface area contributed by atoms with Crippen LogP contribution in [-0.2, 0) is 16.0 Å². The molecule has 1 N–H and O–H groups in total. The molecule has 0 spiro atoms. The van der Waals surface area contributed by atoms with E-state index < -0.39 is 11.7 Å². The first-order valence-corrected chi connectivity index (χ1v) is 15.6. The van der Waals surface area contributed by atoms with E-state index in [-0.39, 0.29) is 18.6 Å². The number of hydrogen-bond acceptors (Lipinski definition) is 5. The van der Waals surface area contributed by atoms with Gasteiger partial charge in [-0.2, -0.15) is 0 Å². The van der Waals surface area contributed by atoms with E-state index in [2.05, 4.69) is 77.8 Å². The first kappa shape index (κ1) is 30.2. The molecule has 0 aromatic heterocycles. The van der Waals surface area contributed by atoms with Gasteiger partial charge in [0, 0.05) is 47.9 Å². The zero-order valence-corrected chi connectivity index (χ0v) is 27.5. The molecule has 0 bridgehead atoms. The third-order valence-corrected chi connectivity index (χ3v) is 9.89. The van der Waals surface area contributed by atoms with Gasteiger partial charge in [-0.25, -0.2) is 9.59 Å². The molecule has 0 radical (unpaired) electrons. The molecule has 1 aliphatic carbocycles. The lowest BCUT2D eigenvalue weighted by molar-refractivity contribution is 0.0240. The quantitative estimate of drug-likeness (QED) is 0.286. The first-order chi connectivity index (χ1) is 20.0.